The van der Waals surface area contributed by atoms with Gasteiger partial charge >= 0.3 is 0 Å². The van der Waals surface area contributed by atoms with Crippen LogP contribution in [-0.2, 0) is 0 Å². The fourth-order valence-corrected chi connectivity index (χ4v) is 4.32. The van der Waals surface area contributed by atoms with Gasteiger partial charge in [-0.25, -0.2) is 0 Å². The fourth-order valence-electron chi connectivity index (χ4n) is 4.32. The van der Waals surface area contributed by atoms with Crippen molar-refractivity contribution in [2.24, 2.45) is 17.3 Å². The quantitative estimate of drug-likeness (QED) is 0.666. The van der Waals surface area contributed by atoms with Crippen LogP contribution in [0.5, 0.6) is 0 Å². The zero-order valence-electron chi connectivity index (χ0n) is 14.4. The molecule has 118 valence electrons. The minimum Gasteiger partial charge on any atom is -0.311 e. The highest BCUT2D eigenvalue weighted by atomic mass is 15.0. The summed E-state index contributed by atoms with van der Waals surface area (Å²) in [5, 5.41) is 4.01. The van der Waals surface area contributed by atoms with Crippen LogP contribution in [0.25, 0.3) is 0 Å². The van der Waals surface area contributed by atoms with Crippen molar-refractivity contribution in [3.05, 3.63) is 0 Å². The topological polar surface area (TPSA) is 12.0 Å². The van der Waals surface area contributed by atoms with Crippen molar-refractivity contribution >= 4 is 0 Å². The summed E-state index contributed by atoms with van der Waals surface area (Å²) in [4.78, 5) is 0. The Morgan fingerprint density at radius 2 is 1.45 bits per heavy atom. The molecule has 2 aliphatic carbocycles. The van der Waals surface area contributed by atoms with Crippen LogP contribution >= 0.6 is 0 Å². The third kappa shape index (κ3) is 4.48. The van der Waals surface area contributed by atoms with E-state index >= 15 is 0 Å². The average molecular weight is 280 g/mol. The highest BCUT2D eigenvalue weighted by molar-refractivity contribution is 4.87. The van der Waals surface area contributed by atoms with Gasteiger partial charge in [0, 0.05) is 12.1 Å². The van der Waals surface area contributed by atoms with Crippen molar-refractivity contribution in [1.82, 2.24) is 5.32 Å². The largest absolute Gasteiger partial charge is 0.311 e. The van der Waals surface area contributed by atoms with E-state index in [-0.39, 0.29) is 0 Å². The molecule has 0 aromatic rings. The molecule has 0 aromatic carbocycles. The monoisotopic (exact) mass is 279 g/mol. The highest BCUT2D eigenvalue weighted by Crippen LogP contribution is 2.40. The molecule has 0 aromatic heterocycles. The van der Waals surface area contributed by atoms with E-state index in [9.17, 15) is 0 Å². The molecule has 1 heteroatoms. The van der Waals surface area contributed by atoms with Crippen LogP contribution in [0.1, 0.15) is 91.9 Å². The van der Waals surface area contributed by atoms with Crippen LogP contribution in [0.3, 0.4) is 0 Å². The predicted molar refractivity (Wildman–Crippen MR) is 89.0 cm³/mol. The Labute approximate surface area is 127 Å². The van der Waals surface area contributed by atoms with Crippen molar-refractivity contribution in [1.29, 1.82) is 0 Å². The third-order valence-electron chi connectivity index (χ3n) is 6.47. The Morgan fingerprint density at radius 1 is 0.850 bits per heavy atom. The van der Waals surface area contributed by atoms with Crippen LogP contribution in [0, 0.1) is 17.3 Å². The molecule has 2 aliphatic rings. The van der Waals surface area contributed by atoms with Crippen molar-refractivity contribution in [3.63, 3.8) is 0 Å². The molecule has 2 unspecified atom stereocenters. The lowest BCUT2D eigenvalue weighted by atomic mass is 9.69. The zero-order valence-corrected chi connectivity index (χ0v) is 14.4. The lowest BCUT2D eigenvalue weighted by Crippen LogP contribution is -2.42. The molecule has 1 N–H and O–H groups in total. The lowest BCUT2D eigenvalue weighted by molar-refractivity contribution is 0.133. The van der Waals surface area contributed by atoms with Gasteiger partial charge in [-0.1, -0.05) is 47.0 Å². The summed E-state index contributed by atoms with van der Waals surface area (Å²) in [6, 6.07) is 1.64. The third-order valence-corrected chi connectivity index (χ3v) is 6.47. The molecule has 0 radical (unpaired) electrons. The summed E-state index contributed by atoms with van der Waals surface area (Å²) in [5.41, 5.74) is 0.558. The van der Waals surface area contributed by atoms with Crippen LogP contribution in [0.4, 0.5) is 0 Å². The molecule has 0 amide bonds. The normalized spacial score (nSPS) is 36.6. The molecular weight excluding hydrogens is 242 g/mol. The van der Waals surface area contributed by atoms with Gasteiger partial charge < -0.3 is 5.32 Å². The maximum Gasteiger partial charge on any atom is 0.00698 e. The second kappa shape index (κ2) is 7.29. The zero-order chi connectivity index (χ0) is 14.6. The first-order valence-electron chi connectivity index (χ1n) is 9.27. The van der Waals surface area contributed by atoms with Gasteiger partial charge in [-0.15, -0.1) is 0 Å². The van der Waals surface area contributed by atoms with E-state index in [1.165, 1.54) is 64.2 Å². The first-order valence-corrected chi connectivity index (χ1v) is 9.27. The van der Waals surface area contributed by atoms with E-state index in [1.54, 1.807) is 0 Å². The van der Waals surface area contributed by atoms with E-state index in [1.807, 2.05) is 0 Å². The van der Waals surface area contributed by atoms with E-state index in [0.29, 0.717) is 5.41 Å². The molecular formula is C19H37N. The molecule has 0 spiro atoms. The summed E-state index contributed by atoms with van der Waals surface area (Å²) in [7, 11) is 0. The van der Waals surface area contributed by atoms with E-state index in [4.69, 9.17) is 0 Å². The van der Waals surface area contributed by atoms with E-state index in [0.717, 1.165) is 23.9 Å². The number of hydrogen-bond donors (Lipinski definition) is 1. The second-order valence-corrected chi connectivity index (χ2v) is 8.37. The molecule has 2 atom stereocenters. The molecule has 0 aliphatic heterocycles. The van der Waals surface area contributed by atoms with Gasteiger partial charge in [0.25, 0.3) is 0 Å². The minimum atomic E-state index is 0.558. The summed E-state index contributed by atoms with van der Waals surface area (Å²) in [5.74, 6) is 1.92. The Balaban J connectivity index is 1.74. The Morgan fingerprint density at radius 3 is 2.10 bits per heavy atom. The smallest absolute Gasteiger partial charge is 0.00698 e. The van der Waals surface area contributed by atoms with Crippen LogP contribution in [0.15, 0.2) is 0 Å². The van der Waals surface area contributed by atoms with Crippen molar-refractivity contribution < 1.29 is 0 Å². The summed E-state index contributed by atoms with van der Waals surface area (Å²) < 4.78 is 0. The molecule has 20 heavy (non-hydrogen) atoms. The van der Waals surface area contributed by atoms with Gasteiger partial charge in [0.2, 0.25) is 0 Å². The van der Waals surface area contributed by atoms with Gasteiger partial charge in [-0.3, -0.25) is 0 Å². The Bertz CT molecular complexity index is 275. The molecule has 0 saturated heterocycles. The molecule has 1 nitrogen and oxygen atoms in total. The summed E-state index contributed by atoms with van der Waals surface area (Å²) in [6.45, 7) is 9.73. The van der Waals surface area contributed by atoms with Crippen LogP contribution in [-0.4, -0.2) is 12.1 Å². The Hall–Kier alpha value is -0.0400. The fraction of sp³-hybridized carbons (Fsp3) is 1.00. The van der Waals surface area contributed by atoms with E-state index in [2.05, 4.69) is 33.0 Å². The van der Waals surface area contributed by atoms with Crippen molar-refractivity contribution in [2.45, 2.75) is 104 Å². The van der Waals surface area contributed by atoms with E-state index < -0.39 is 0 Å². The SMILES string of the molecule is CCC(C)(C)C1CCC(NC2CCCC(C)CC2)CC1. The standard InChI is InChI=1S/C19H37N/c1-5-19(3,4)16-10-13-18(14-11-16)20-17-8-6-7-15(2)9-12-17/h15-18,20H,5-14H2,1-4H3. The first-order chi connectivity index (χ1) is 9.51. The molecule has 2 rings (SSSR count). The maximum absolute atomic E-state index is 4.01. The first kappa shape index (κ1) is 16.3. The van der Waals surface area contributed by atoms with Crippen LogP contribution < -0.4 is 5.32 Å². The number of nitrogens with one attached hydrogen (secondary N) is 1. The molecule has 2 saturated carbocycles. The summed E-state index contributed by atoms with van der Waals surface area (Å²) >= 11 is 0. The van der Waals surface area contributed by atoms with Gasteiger partial charge in [0.15, 0.2) is 0 Å². The van der Waals surface area contributed by atoms with Gasteiger partial charge in [0.1, 0.15) is 0 Å². The average Bonchev–Trinajstić information content (AvgIpc) is 2.64. The maximum atomic E-state index is 4.01. The van der Waals surface area contributed by atoms with Crippen LogP contribution in [0.2, 0.25) is 0 Å². The number of rotatable bonds is 4. The van der Waals surface area contributed by atoms with Crippen molar-refractivity contribution in [2.75, 3.05) is 0 Å². The lowest BCUT2D eigenvalue weighted by Gasteiger charge is -2.40. The summed E-state index contributed by atoms with van der Waals surface area (Å²) in [6.07, 6.45) is 14.2. The van der Waals surface area contributed by atoms with Gasteiger partial charge in [-0.2, -0.15) is 0 Å². The second-order valence-electron chi connectivity index (χ2n) is 8.37. The van der Waals surface area contributed by atoms with Gasteiger partial charge in [0.05, 0.1) is 0 Å². The number of hydrogen-bond acceptors (Lipinski definition) is 1. The highest BCUT2D eigenvalue weighted by Gasteiger charge is 2.32. The molecule has 0 heterocycles. The van der Waals surface area contributed by atoms with Crippen molar-refractivity contribution in [3.8, 4) is 0 Å². The molecule has 0 bridgehead atoms. The Kier molecular flexibility index (Phi) is 5.95. The van der Waals surface area contributed by atoms with Gasteiger partial charge in [-0.05, 0) is 62.2 Å². The predicted octanol–water partition coefficient (Wildman–Crippen LogP) is 5.54. The molecule has 2 fully saturated rings. The minimum absolute atomic E-state index is 0.558.